The van der Waals surface area contributed by atoms with Gasteiger partial charge in [-0.3, -0.25) is 4.99 Å². The first-order valence-electron chi connectivity index (χ1n) is 9.84. The molecule has 1 aromatic heterocycles. The fourth-order valence-electron chi connectivity index (χ4n) is 3.47. The van der Waals surface area contributed by atoms with Gasteiger partial charge in [0.15, 0.2) is 0 Å². The number of allylic oxidation sites excluding steroid dienone is 3. The zero-order chi connectivity index (χ0) is 19.3. The molecule has 144 valence electrons. The van der Waals surface area contributed by atoms with Crippen LogP contribution in [0.1, 0.15) is 19.3 Å². The molecule has 3 N–H and O–H groups in total. The van der Waals surface area contributed by atoms with Crippen LogP contribution in [0.15, 0.2) is 76.4 Å². The first-order chi connectivity index (χ1) is 13.7. The van der Waals surface area contributed by atoms with Crippen molar-refractivity contribution < 1.29 is 4.57 Å². The SMILES string of the molecule is C[n+]1ccn(CCCNc2ccc(/N=C3/C=C4CCCN=C4C=C3N)cc2)c1. The molecule has 2 aromatic rings. The van der Waals surface area contributed by atoms with E-state index in [1.54, 1.807) is 0 Å². The lowest BCUT2D eigenvalue weighted by atomic mass is 9.94. The molecule has 2 heterocycles. The second-order valence-electron chi connectivity index (χ2n) is 7.28. The maximum atomic E-state index is 6.18. The molecule has 28 heavy (non-hydrogen) atoms. The average molecular weight is 376 g/mol. The van der Waals surface area contributed by atoms with Crippen LogP contribution in [0.2, 0.25) is 0 Å². The molecule has 0 bridgehead atoms. The van der Waals surface area contributed by atoms with E-state index < -0.39 is 0 Å². The Morgan fingerprint density at radius 3 is 2.89 bits per heavy atom. The topological polar surface area (TPSA) is 71.6 Å². The van der Waals surface area contributed by atoms with Gasteiger partial charge in [-0.15, -0.1) is 0 Å². The van der Waals surface area contributed by atoms with Gasteiger partial charge in [0.1, 0.15) is 12.4 Å². The van der Waals surface area contributed by atoms with Crippen molar-refractivity contribution in [3.63, 3.8) is 0 Å². The summed E-state index contributed by atoms with van der Waals surface area (Å²) in [5.74, 6) is 0. The van der Waals surface area contributed by atoms with Gasteiger partial charge in [0.25, 0.3) is 0 Å². The molecule has 1 aromatic carbocycles. The Kier molecular flexibility index (Phi) is 5.37. The Hall–Kier alpha value is -3.15. The highest BCUT2D eigenvalue weighted by molar-refractivity contribution is 6.24. The van der Waals surface area contributed by atoms with Gasteiger partial charge in [0, 0.05) is 25.2 Å². The minimum Gasteiger partial charge on any atom is -0.397 e. The van der Waals surface area contributed by atoms with Crippen LogP contribution in [0.25, 0.3) is 0 Å². The lowest BCUT2D eigenvalue weighted by Gasteiger charge is -2.19. The molecule has 4 rings (SSSR count). The average Bonchev–Trinajstić information content (AvgIpc) is 3.12. The molecule has 0 spiro atoms. The van der Waals surface area contributed by atoms with Gasteiger partial charge in [-0.05, 0) is 54.8 Å². The zero-order valence-electron chi connectivity index (χ0n) is 16.3. The van der Waals surface area contributed by atoms with Crippen LogP contribution in [0.4, 0.5) is 11.4 Å². The number of benzene rings is 1. The number of aryl methyl sites for hydroxylation is 2. The van der Waals surface area contributed by atoms with Crippen molar-refractivity contribution in [2.24, 2.45) is 22.8 Å². The first-order valence-corrected chi connectivity index (χ1v) is 9.84. The van der Waals surface area contributed by atoms with E-state index in [1.807, 2.05) is 25.3 Å². The molecule has 0 amide bonds. The number of nitrogens with two attached hydrogens (primary N) is 1. The van der Waals surface area contributed by atoms with Crippen molar-refractivity contribution in [2.75, 3.05) is 18.4 Å². The number of nitrogens with one attached hydrogen (secondary N) is 1. The molecule has 6 nitrogen and oxygen atoms in total. The minimum absolute atomic E-state index is 0.685. The zero-order valence-corrected chi connectivity index (χ0v) is 16.3. The van der Waals surface area contributed by atoms with E-state index in [0.717, 1.165) is 61.7 Å². The molecule has 1 aliphatic carbocycles. The van der Waals surface area contributed by atoms with Gasteiger partial charge in [-0.1, -0.05) is 0 Å². The van der Waals surface area contributed by atoms with Crippen LogP contribution >= 0.6 is 0 Å². The maximum absolute atomic E-state index is 6.18. The number of anilines is 1. The maximum Gasteiger partial charge on any atom is 0.243 e. The highest BCUT2D eigenvalue weighted by atomic mass is 15.1. The highest BCUT2D eigenvalue weighted by Crippen LogP contribution is 2.23. The van der Waals surface area contributed by atoms with Gasteiger partial charge in [-0.25, -0.2) is 14.1 Å². The van der Waals surface area contributed by atoms with Crippen LogP contribution in [-0.2, 0) is 13.6 Å². The number of fused-ring (bicyclic) bond motifs is 1. The molecule has 0 atom stereocenters. The van der Waals surface area contributed by atoms with Gasteiger partial charge >= 0.3 is 0 Å². The number of aromatic nitrogens is 2. The van der Waals surface area contributed by atoms with Crippen LogP contribution in [-0.4, -0.2) is 29.1 Å². The summed E-state index contributed by atoms with van der Waals surface area (Å²) in [6.45, 7) is 2.83. The molecule has 0 saturated carbocycles. The third kappa shape index (κ3) is 4.39. The van der Waals surface area contributed by atoms with Crippen LogP contribution in [0.3, 0.4) is 0 Å². The summed E-state index contributed by atoms with van der Waals surface area (Å²) in [5, 5.41) is 3.47. The lowest BCUT2D eigenvalue weighted by Crippen LogP contribution is -2.23. The molecular formula is C22H27N6+. The molecule has 2 aliphatic rings. The monoisotopic (exact) mass is 375 g/mol. The lowest BCUT2D eigenvalue weighted by molar-refractivity contribution is -0.671. The summed E-state index contributed by atoms with van der Waals surface area (Å²) in [6, 6.07) is 8.19. The number of hydrogen-bond acceptors (Lipinski definition) is 4. The number of nitrogens with zero attached hydrogens (tertiary/aromatic N) is 4. The van der Waals surface area contributed by atoms with Crippen molar-refractivity contribution in [1.82, 2.24) is 4.57 Å². The second-order valence-corrected chi connectivity index (χ2v) is 7.28. The van der Waals surface area contributed by atoms with E-state index in [1.165, 1.54) is 5.57 Å². The smallest absolute Gasteiger partial charge is 0.243 e. The standard InChI is InChI=1S/C22H27N6/c1-27-12-13-28(16-27)11-3-10-24-18-5-7-19(8-6-18)26-22-14-17-4-2-9-25-21(17)15-20(22)23/h5-8,12-16,24H,2-4,9-11,23H2,1H3/q+1/b26-22-. The fourth-order valence-corrected chi connectivity index (χ4v) is 3.47. The summed E-state index contributed by atoms with van der Waals surface area (Å²) in [5.41, 5.74) is 12.0. The molecule has 0 radical (unpaired) electrons. The van der Waals surface area contributed by atoms with Gasteiger partial charge in [-0.2, -0.15) is 0 Å². The van der Waals surface area contributed by atoms with Gasteiger partial charge in [0.05, 0.1) is 36.4 Å². The van der Waals surface area contributed by atoms with Crippen molar-refractivity contribution in [3.05, 3.63) is 66.4 Å². The number of rotatable bonds is 6. The predicted octanol–water partition coefficient (Wildman–Crippen LogP) is 2.90. The molecule has 0 unspecified atom stereocenters. The van der Waals surface area contributed by atoms with Gasteiger partial charge in [0.2, 0.25) is 6.33 Å². The van der Waals surface area contributed by atoms with E-state index in [2.05, 4.69) is 56.4 Å². The third-order valence-corrected chi connectivity index (χ3v) is 4.98. The van der Waals surface area contributed by atoms with E-state index in [9.17, 15) is 0 Å². The van der Waals surface area contributed by atoms with Crippen molar-refractivity contribution in [2.45, 2.75) is 25.8 Å². The van der Waals surface area contributed by atoms with Crippen molar-refractivity contribution >= 4 is 22.8 Å². The molecule has 6 heteroatoms. The first kappa shape index (κ1) is 18.2. The molecule has 1 aliphatic heterocycles. The summed E-state index contributed by atoms with van der Waals surface area (Å²) in [4.78, 5) is 9.27. The largest absolute Gasteiger partial charge is 0.397 e. The quantitative estimate of drug-likeness (QED) is 0.463. The Bertz CT molecular complexity index is 959. The van der Waals surface area contributed by atoms with Crippen molar-refractivity contribution in [1.29, 1.82) is 0 Å². The number of imidazole rings is 1. The molecule has 0 fully saturated rings. The summed E-state index contributed by atoms with van der Waals surface area (Å²) >= 11 is 0. The number of aliphatic imine (C=N–C) groups is 2. The predicted molar refractivity (Wildman–Crippen MR) is 114 cm³/mol. The summed E-state index contributed by atoms with van der Waals surface area (Å²) in [6.07, 6.45) is 13.5. The molecular weight excluding hydrogens is 348 g/mol. The third-order valence-electron chi connectivity index (χ3n) is 4.98. The molecule has 0 saturated heterocycles. The van der Waals surface area contributed by atoms with E-state index in [0.29, 0.717) is 5.70 Å². The second kappa shape index (κ2) is 8.25. The highest BCUT2D eigenvalue weighted by Gasteiger charge is 2.17. The van der Waals surface area contributed by atoms with Crippen LogP contribution < -0.4 is 15.6 Å². The van der Waals surface area contributed by atoms with E-state index in [-0.39, 0.29) is 0 Å². The Balaban J connectivity index is 1.34. The minimum atomic E-state index is 0.685. The van der Waals surface area contributed by atoms with E-state index in [4.69, 9.17) is 10.7 Å². The Morgan fingerprint density at radius 1 is 1.25 bits per heavy atom. The van der Waals surface area contributed by atoms with Gasteiger partial charge < -0.3 is 11.1 Å². The normalized spacial score (nSPS) is 17.6. The van der Waals surface area contributed by atoms with Crippen LogP contribution in [0.5, 0.6) is 0 Å². The summed E-state index contributed by atoms with van der Waals surface area (Å²) in [7, 11) is 2.04. The van der Waals surface area contributed by atoms with Crippen molar-refractivity contribution in [3.8, 4) is 0 Å². The fraction of sp³-hybridized carbons (Fsp3) is 0.318. The Morgan fingerprint density at radius 2 is 2.11 bits per heavy atom. The Labute approximate surface area is 165 Å². The summed E-state index contributed by atoms with van der Waals surface area (Å²) < 4.78 is 4.25. The van der Waals surface area contributed by atoms with Crippen LogP contribution in [0, 0.1) is 0 Å². The van der Waals surface area contributed by atoms with E-state index >= 15 is 0 Å². The number of hydrogen-bond donors (Lipinski definition) is 2.